The normalized spacial score (nSPS) is 21.9. The number of alkyl halides is 3. The van der Waals surface area contributed by atoms with Crippen molar-refractivity contribution in [3.05, 3.63) is 23.8 Å². The lowest BCUT2D eigenvalue weighted by Crippen LogP contribution is -2.34. The van der Waals surface area contributed by atoms with Crippen LogP contribution < -0.4 is 10.2 Å². The van der Waals surface area contributed by atoms with Crippen LogP contribution in [0.5, 0.6) is 0 Å². The molecule has 2 fully saturated rings. The van der Waals surface area contributed by atoms with Crippen LogP contribution in [0.15, 0.2) is 18.2 Å². The van der Waals surface area contributed by atoms with E-state index in [9.17, 15) is 27.6 Å². The second-order valence-electron chi connectivity index (χ2n) is 7.75. The minimum atomic E-state index is -4.53. The third kappa shape index (κ3) is 4.38. The van der Waals surface area contributed by atoms with Crippen LogP contribution in [0.3, 0.4) is 0 Å². The molecule has 1 saturated heterocycles. The van der Waals surface area contributed by atoms with Gasteiger partial charge in [-0.1, -0.05) is 12.8 Å². The first kappa shape index (κ1) is 21.1. The van der Waals surface area contributed by atoms with E-state index in [0.717, 1.165) is 29.9 Å². The van der Waals surface area contributed by atoms with E-state index in [0.29, 0.717) is 18.5 Å². The molecule has 158 valence electrons. The summed E-state index contributed by atoms with van der Waals surface area (Å²) in [6, 6.07) is 3.12. The van der Waals surface area contributed by atoms with Crippen LogP contribution in [-0.4, -0.2) is 43.3 Å². The molecule has 1 aliphatic carbocycles. The van der Waals surface area contributed by atoms with Crippen molar-refractivity contribution >= 4 is 29.1 Å². The Morgan fingerprint density at radius 3 is 2.24 bits per heavy atom. The number of benzene rings is 1. The molecule has 29 heavy (non-hydrogen) atoms. The number of carbonyl (C=O) groups is 3. The van der Waals surface area contributed by atoms with Gasteiger partial charge in [0.2, 0.25) is 17.7 Å². The highest BCUT2D eigenvalue weighted by molar-refractivity contribution is 6.05. The van der Waals surface area contributed by atoms with Crippen LogP contribution in [-0.2, 0) is 20.6 Å². The van der Waals surface area contributed by atoms with Crippen LogP contribution in [0.1, 0.15) is 37.7 Å². The van der Waals surface area contributed by atoms with Gasteiger partial charge in [-0.25, -0.2) is 0 Å². The first-order chi connectivity index (χ1) is 13.6. The third-order valence-electron chi connectivity index (χ3n) is 5.57. The van der Waals surface area contributed by atoms with E-state index in [1.165, 1.54) is 6.07 Å². The number of amides is 3. The molecule has 3 amide bonds. The molecule has 2 aliphatic rings. The molecule has 3 rings (SSSR count). The van der Waals surface area contributed by atoms with Crippen LogP contribution >= 0.6 is 0 Å². The van der Waals surface area contributed by atoms with Crippen molar-refractivity contribution in [2.24, 2.45) is 11.8 Å². The minimum Gasteiger partial charge on any atom is -0.376 e. The Morgan fingerprint density at radius 1 is 1.14 bits per heavy atom. The number of fused-ring (bicyclic) bond motifs is 1. The zero-order chi connectivity index (χ0) is 21.3. The van der Waals surface area contributed by atoms with Gasteiger partial charge in [0.25, 0.3) is 0 Å². The maximum absolute atomic E-state index is 13.0. The number of rotatable bonds is 5. The molecule has 2 atom stereocenters. The Balaban J connectivity index is 1.68. The molecule has 1 saturated carbocycles. The summed E-state index contributed by atoms with van der Waals surface area (Å²) in [6.07, 6.45) is -1.49. The van der Waals surface area contributed by atoms with E-state index in [1.807, 2.05) is 0 Å². The molecule has 6 nitrogen and oxygen atoms in total. The van der Waals surface area contributed by atoms with Crippen molar-refractivity contribution in [3.63, 3.8) is 0 Å². The standard InChI is InChI=1S/C20H24F3N3O3/c1-25(2)16-8-7-12(20(21,22)23)11-15(16)24-17(27)9-10-26-18(28)13-5-3-4-6-14(13)19(26)29/h7-8,11,13-14H,3-6,9-10H2,1-2H3,(H,24,27)/t13-,14-/m0/s1. The molecule has 1 N–H and O–H groups in total. The van der Waals surface area contributed by atoms with Crippen molar-refractivity contribution in [1.29, 1.82) is 0 Å². The zero-order valence-corrected chi connectivity index (χ0v) is 16.4. The monoisotopic (exact) mass is 411 g/mol. The van der Waals surface area contributed by atoms with Gasteiger partial charge < -0.3 is 10.2 Å². The Labute approximate surface area is 167 Å². The number of hydrogen-bond donors (Lipinski definition) is 1. The molecule has 0 radical (unpaired) electrons. The predicted octanol–water partition coefficient (Wildman–Crippen LogP) is 3.28. The van der Waals surface area contributed by atoms with E-state index in [-0.39, 0.29) is 42.3 Å². The van der Waals surface area contributed by atoms with E-state index in [2.05, 4.69) is 5.32 Å². The smallest absolute Gasteiger partial charge is 0.376 e. The summed E-state index contributed by atoms with van der Waals surface area (Å²) in [5.41, 5.74) is -0.416. The third-order valence-corrected chi connectivity index (χ3v) is 5.57. The van der Waals surface area contributed by atoms with Crippen LogP contribution in [0.2, 0.25) is 0 Å². The number of nitrogens with zero attached hydrogens (tertiary/aromatic N) is 2. The highest BCUT2D eigenvalue weighted by Gasteiger charge is 2.47. The Kier molecular flexibility index (Phi) is 5.86. The summed E-state index contributed by atoms with van der Waals surface area (Å²) >= 11 is 0. The Bertz CT molecular complexity index is 799. The maximum atomic E-state index is 13.0. The fraction of sp³-hybridized carbons (Fsp3) is 0.550. The molecule has 1 aromatic carbocycles. The zero-order valence-electron chi connectivity index (χ0n) is 16.4. The summed E-state index contributed by atoms with van der Waals surface area (Å²) in [5, 5.41) is 2.49. The summed E-state index contributed by atoms with van der Waals surface area (Å²) in [6.45, 7) is -0.0627. The molecule has 0 aromatic heterocycles. The first-order valence-electron chi connectivity index (χ1n) is 9.63. The molecule has 0 bridgehead atoms. The fourth-order valence-electron chi connectivity index (χ4n) is 4.08. The molecular formula is C20H24F3N3O3. The number of hydrogen-bond acceptors (Lipinski definition) is 4. The highest BCUT2D eigenvalue weighted by Crippen LogP contribution is 2.38. The number of likely N-dealkylation sites (tertiary alicyclic amines) is 1. The van der Waals surface area contributed by atoms with Crippen molar-refractivity contribution in [1.82, 2.24) is 4.90 Å². The Morgan fingerprint density at radius 2 is 1.72 bits per heavy atom. The van der Waals surface area contributed by atoms with Crippen molar-refractivity contribution in [2.75, 3.05) is 30.9 Å². The molecule has 0 unspecified atom stereocenters. The molecule has 1 aromatic rings. The van der Waals surface area contributed by atoms with Gasteiger partial charge in [-0.2, -0.15) is 13.2 Å². The number of nitrogens with one attached hydrogen (secondary N) is 1. The summed E-state index contributed by atoms with van der Waals surface area (Å²) in [5.74, 6) is -1.60. The van der Waals surface area contributed by atoms with Gasteiger partial charge in [0, 0.05) is 27.1 Å². The largest absolute Gasteiger partial charge is 0.416 e. The summed E-state index contributed by atoms with van der Waals surface area (Å²) < 4.78 is 39.0. The first-order valence-corrected chi connectivity index (χ1v) is 9.63. The van der Waals surface area contributed by atoms with Gasteiger partial charge in [-0.15, -0.1) is 0 Å². The van der Waals surface area contributed by atoms with E-state index in [1.54, 1.807) is 19.0 Å². The van der Waals surface area contributed by atoms with Crippen molar-refractivity contribution in [3.8, 4) is 0 Å². The van der Waals surface area contributed by atoms with Gasteiger partial charge in [0.05, 0.1) is 28.8 Å². The minimum absolute atomic E-state index is 0.0302. The predicted molar refractivity (Wildman–Crippen MR) is 101 cm³/mol. The van der Waals surface area contributed by atoms with Gasteiger partial charge in [0.1, 0.15) is 0 Å². The van der Waals surface area contributed by atoms with E-state index >= 15 is 0 Å². The molecular weight excluding hydrogens is 387 g/mol. The van der Waals surface area contributed by atoms with Crippen LogP contribution in [0.25, 0.3) is 0 Å². The molecule has 1 heterocycles. The van der Waals surface area contributed by atoms with Crippen molar-refractivity contribution in [2.45, 2.75) is 38.3 Å². The second-order valence-corrected chi connectivity index (χ2v) is 7.75. The molecule has 1 aliphatic heterocycles. The quantitative estimate of drug-likeness (QED) is 0.755. The summed E-state index contributed by atoms with van der Waals surface area (Å²) in [4.78, 5) is 40.0. The lowest BCUT2D eigenvalue weighted by Gasteiger charge is -2.20. The SMILES string of the molecule is CN(C)c1ccc(C(F)(F)F)cc1NC(=O)CCN1C(=O)[C@H]2CCCC[C@@H]2C1=O. The van der Waals surface area contributed by atoms with E-state index < -0.39 is 17.6 Å². The lowest BCUT2D eigenvalue weighted by molar-refractivity contribution is -0.140. The summed E-state index contributed by atoms with van der Waals surface area (Å²) in [7, 11) is 3.31. The number of carbonyl (C=O) groups excluding carboxylic acids is 3. The average molecular weight is 411 g/mol. The van der Waals surface area contributed by atoms with Crippen LogP contribution in [0.4, 0.5) is 24.5 Å². The molecule has 0 spiro atoms. The van der Waals surface area contributed by atoms with Gasteiger partial charge in [0.15, 0.2) is 0 Å². The Hall–Kier alpha value is -2.58. The number of imide groups is 1. The van der Waals surface area contributed by atoms with Crippen LogP contribution in [0, 0.1) is 11.8 Å². The fourth-order valence-corrected chi connectivity index (χ4v) is 4.08. The second kappa shape index (κ2) is 8.04. The number of anilines is 2. The van der Waals surface area contributed by atoms with Gasteiger partial charge in [-0.05, 0) is 31.0 Å². The number of halogens is 3. The molecule has 9 heteroatoms. The van der Waals surface area contributed by atoms with Gasteiger partial charge >= 0.3 is 6.18 Å². The van der Waals surface area contributed by atoms with Gasteiger partial charge in [-0.3, -0.25) is 19.3 Å². The maximum Gasteiger partial charge on any atom is 0.416 e. The lowest BCUT2D eigenvalue weighted by atomic mass is 9.81. The average Bonchev–Trinajstić information content (AvgIpc) is 2.90. The topological polar surface area (TPSA) is 69.7 Å². The van der Waals surface area contributed by atoms with Crippen molar-refractivity contribution < 1.29 is 27.6 Å². The highest BCUT2D eigenvalue weighted by atomic mass is 19.4. The van der Waals surface area contributed by atoms with E-state index in [4.69, 9.17) is 0 Å².